The molecule has 0 aromatic heterocycles. The van der Waals surface area contributed by atoms with Gasteiger partial charge in [0.1, 0.15) is 6.61 Å². The van der Waals surface area contributed by atoms with Crippen molar-refractivity contribution in [2.75, 3.05) is 19.8 Å². The van der Waals surface area contributed by atoms with E-state index in [4.69, 9.17) is 14.2 Å². The molecule has 0 spiro atoms. The summed E-state index contributed by atoms with van der Waals surface area (Å²) in [5, 5.41) is 0. The zero-order valence-electron chi connectivity index (χ0n) is 36.4. The Labute approximate surface area is 345 Å². The standard InChI is InChI=1S/C51H84O5/c1-4-7-10-13-16-19-22-25-28-31-34-37-40-43-46-54-47-49(56-51(53)45-42-39-36-33-30-27-24-21-18-15-12-9-6-3)48-55-50(52)44-41-38-35-32-29-26-23-20-17-14-11-8-5-2/h7,10-12,14-16,19-21,23-25,28,34,37,49H,4-6,8-9,13,17-18,22,26-27,29-33,35-36,38-48H2,1-3H3/b10-7-,14-11-,15-12-,19-16-,23-20-,24-21-,28-25-,37-34-. The molecule has 0 radical (unpaired) electrons. The van der Waals surface area contributed by atoms with Crippen molar-refractivity contribution in [3.63, 3.8) is 0 Å². The van der Waals surface area contributed by atoms with Crippen molar-refractivity contribution >= 4 is 11.9 Å². The largest absolute Gasteiger partial charge is 0.462 e. The van der Waals surface area contributed by atoms with Crippen LogP contribution >= 0.6 is 0 Å². The second-order valence-electron chi connectivity index (χ2n) is 14.6. The lowest BCUT2D eigenvalue weighted by molar-refractivity contribution is -0.163. The van der Waals surface area contributed by atoms with Gasteiger partial charge in [0.2, 0.25) is 0 Å². The Morgan fingerprint density at radius 2 is 0.804 bits per heavy atom. The second-order valence-corrected chi connectivity index (χ2v) is 14.6. The summed E-state index contributed by atoms with van der Waals surface area (Å²) in [4.78, 5) is 25.2. The molecule has 1 atom stereocenters. The minimum absolute atomic E-state index is 0.0450. The van der Waals surface area contributed by atoms with E-state index in [-0.39, 0.29) is 25.2 Å². The van der Waals surface area contributed by atoms with Crippen LogP contribution in [-0.4, -0.2) is 37.9 Å². The quantitative estimate of drug-likeness (QED) is 0.0352. The van der Waals surface area contributed by atoms with Gasteiger partial charge in [-0.2, -0.15) is 0 Å². The fourth-order valence-electron chi connectivity index (χ4n) is 5.71. The highest BCUT2D eigenvalue weighted by atomic mass is 16.6. The maximum Gasteiger partial charge on any atom is 0.306 e. The lowest BCUT2D eigenvalue weighted by atomic mass is 10.1. The molecular weight excluding hydrogens is 693 g/mol. The molecule has 0 aromatic carbocycles. The van der Waals surface area contributed by atoms with Crippen molar-refractivity contribution in [2.45, 2.75) is 194 Å². The Morgan fingerprint density at radius 3 is 1.29 bits per heavy atom. The molecule has 0 N–H and O–H groups in total. The summed E-state index contributed by atoms with van der Waals surface area (Å²) < 4.78 is 17.2. The third-order valence-corrected chi connectivity index (χ3v) is 9.04. The highest BCUT2D eigenvalue weighted by Gasteiger charge is 2.17. The SMILES string of the molecule is CC/C=C\C/C=C\C/C=C\C/C=C\CCCOCC(COC(=O)CCCCCCC/C=C\C/C=C\CCC)OC(=O)CCCCCCC/C=C\C/C=C\CCC. The predicted molar refractivity (Wildman–Crippen MR) is 242 cm³/mol. The number of hydrogen-bond acceptors (Lipinski definition) is 5. The van der Waals surface area contributed by atoms with Crippen LogP contribution in [0.25, 0.3) is 0 Å². The molecule has 0 saturated carbocycles. The lowest BCUT2D eigenvalue weighted by Crippen LogP contribution is -2.30. The molecule has 0 aliphatic heterocycles. The average molecular weight is 777 g/mol. The fourth-order valence-corrected chi connectivity index (χ4v) is 5.71. The molecule has 0 bridgehead atoms. The molecule has 5 heteroatoms. The summed E-state index contributed by atoms with van der Waals surface area (Å²) in [7, 11) is 0. The number of rotatable bonds is 40. The number of carbonyl (C=O) groups excluding carboxylic acids is 2. The van der Waals surface area contributed by atoms with E-state index < -0.39 is 6.10 Å². The van der Waals surface area contributed by atoms with E-state index in [1.807, 2.05) is 0 Å². The minimum atomic E-state index is -0.581. The van der Waals surface area contributed by atoms with Gasteiger partial charge in [-0.1, -0.05) is 169 Å². The van der Waals surface area contributed by atoms with Gasteiger partial charge in [0, 0.05) is 19.4 Å². The van der Waals surface area contributed by atoms with E-state index in [9.17, 15) is 9.59 Å². The number of allylic oxidation sites excluding steroid dienone is 16. The third kappa shape index (κ3) is 43.5. The number of esters is 2. The van der Waals surface area contributed by atoms with Gasteiger partial charge in [0.15, 0.2) is 6.10 Å². The molecule has 0 fully saturated rings. The molecule has 318 valence electrons. The van der Waals surface area contributed by atoms with E-state index in [0.29, 0.717) is 19.4 Å². The first-order chi connectivity index (χ1) is 27.6. The van der Waals surface area contributed by atoms with E-state index >= 15 is 0 Å². The summed E-state index contributed by atoms with van der Waals surface area (Å²) >= 11 is 0. The molecule has 1 unspecified atom stereocenters. The van der Waals surface area contributed by atoms with Crippen molar-refractivity contribution in [2.24, 2.45) is 0 Å². The first-order valence-electron chi connectivity index (χ1n) is 22.8. The summed E-state index contributed by atoms with van der Waals surface area (Å²) in [5.74, 6) is -0.469. The van der Waals surface area contributed by atoms with Crippen molar-refractivity contribution in [1.82, 2.24) is 0 Å². The van der Waals surface area contributed by atoms with Gasteiger partial charge in [0.25, 0.3) is 0 Å². The van der Waals surface area contributed by atoms with Crippen LogP contribution in [0.2, 0.25) is 0 Å². The third-order valence-electron chi connectivity index (χ3n) is 9.04. The maximum absolute atomic E-state index is 12.7. The molecule has 0 aromatic rings. The number of carbonyl (C=O) groups is 2. The summed E-state index contributed by atoms with van der Waals surface area (Å²) in [6.45, 7) is 7.40. The van der Waals surface area contributed by atoms with Crippen molar-refractivity contribution in [3.05, 3.63) is 97.2 Å². The van der Waals surface area contributed by atoms with Gasteiger partial charge in [-0.3, -0.25) is 9.59 Å². The van der Waals surface area contributed by atoms with Gasteiger partial charge >= 0.3 is 11.9 Å². The van der Waals surface area contributed by atoms with Crippen LogP contribution in [0.3, 0.4) is 0 Å². The average Bonchev–Trinajstić information content (AvgIpc) is 3.20. The Hall–Kier alpha value is -3.18. The van der Waals surface area contributed by atoms with Crippen LogP contribution in [0.15, 0.2) is 97.2 Å². The minimum Gasteiger partial charge on any atom is -0.462 e. The molecule has 0 rings (SSSR count). The van der Waals surface area contributed by atoms with Crippen LogP contribution in [-0.2, 0) is 23.8 Å². The summed E-state index contributed by atoms with van der Waals surface area (Å²) in [5.41, 5.74) is 0. The lowest BCUT2D eigenvalue weighted by Gasteiger charge is -2.18. The summed E-state index contributed by atoms with van der Waals surface area (Å²) in [6, 6.07) is 0. The Balaban J connectivity index is 4.42. The van der Waals surface area contributed by atoms with Gasteiger partial charge in [-0.25, -0.2) is 0 Å². The topological polar surface area (TPSA) is 61.8 Å². The van der Waals surface area contributed by atoms with Crippen LogP contribution in [0.5, 0.6) is 0 Å². The van der Waals surface area contributed by atoms with Crippen molar-refractivity contribution in [1.29, 1.82) is 0 Å². The number of unbranched alkanes of at least 4 members (excludes halogenated alkanes) is 13. The molecule has 0 heterocycles. The van der Waals surface area contributed by atoms with Gasteiger partial charge in [-0.15, -0.1) is 0 Å². The normalized spacial score (nSPS) is 13.1. The summed E-state index contributed by atoms with van der Waals surface area (Å²) in [6.07, 6.45) is 61.3. The molecule has 0 saturated heterocycles. The zero-order valence-corrected chi connectivity index (χ0v) is 36.4. The molecule has 0 amide bonds. The molecule has 0 aliphatic carbocycles. The second kappa shape index (κ2) is 46.2. The van der Waals surface area contributed by atoms with Crippen molar-refractivity contribution in [3.8, 4) is 0 Å². The van der Waals surface area contributed by atoms with E-state index in [2.05, 4.69) is 118 Å². The van der Waals surface area contributed by atoms with Crippen LogP contribution in [0.1, 0.15) is 188 Å². The predicted octanol–water partition coefficient (Wildman–Crippen LogP) is 15.1. The van der Waals surface area contributed by atoms with Crippen molar-refractivity contribution < 1.29 is 23.8 Å². The first kappa shape index (κ1) is 52.8. The van der Waals surface area contributed by atoms with E-state index in [1.54, 1.807) is 0 Å². The first-order valence-corrected chi connectivity index (χ1v) is 22.8. The fraction of sp³-hybridized carbons (Fsp3) is 0.647. The monoisotopic (exact) mass is 777 g/mol. The Morgan fingerprint density at radius 1 is 0.411 bits per heavy atom. The molecule has 56 heavy (non-hydrogen) atoms. The van der Waals surface area contributed by atoms with Crippen LogP contribution in [0, 0.1) is 0 Å². The van der Waals surface area contributed by atoms with Gasteiger partial charge in [0.05, 0.1) is 6.61 Å². The number of ether oxygens (including phenoxy) is 3. The van der Waals surface area contributed by atoms with Gasteiger partial charge in [-0.05, 0) is 103 Å². The van der Waals surface area contributed by atoms with Crippen LogP contribution < -0.4 is 0 Å². The number of hydrogen-bond donors (Lipinski definition) is 0. The van der Waals surface area contributed by atoms with Gasteiger partial charge < -0.3 is 14.2 Å². The smallest absolute Gasteiger partial charge is 0.306 e. The molecular formula is C51H84O5. The molecule has 0 aliphatic rings. The zero-order chi connectivity index (χ0) is 40.7. The van der Waals surface area contributed by atoms with Crippen LogP contribution in [0.4, 0.5) is 0 Å². The Kier molecular flexibility index (Phi) is 43.6. The Bertz CT molecular complexity index is 1110. The van der Waals surface area contributed by atoms with E-state index in [1.165, 1.54) is 38.5 Å². The van der Waals surface area contributed by atoms with E-state index in [0.717, 1.165) is 116 Å². The highest BCUT2D eigenvalue weighted by molar-refractivity contribution is 5.70. The molecule has 5 nitrogen and oxygen atoms in total. The highest BCUT2D eigenvalue weighted by Crippen LogP contribution is 2.12. The maximum atomic E-state index is 12.7.